The van der Waals surface area contributed by atoms with Crippen LogP contribution in [-0.4, -0.2) is 56.1 Å². The van der Waals surface area contributed by atoms with Crippen LogP contribution in [0.15, 0.2) is 30.3 Å². The third-order valence-corrected chi connectivity index (χ3v) is 4.36. The predicted octanol–water partition coefficient (Wildman–Crippen LogP) is 2.61. The molecule has 1 fully saturated rings. The van der Waals surface area contributed by atoms with Crippen molar-refractivity contribution in [3.63, 3.8) is 0 Å². The highest BCUT2D eigenvalue weighted by Crippen LogP contribution is 2.28. The summed E-state index contributed by atoms with van der Waals surface area (Å²) in [4.78, 5) is 5.12. The summed E-state index contributed by atoms with van der Waals surface area (Å²) in [6.45, 7) is 13.7. The molecule has 21 heavy (non-hydrogen) atoms. The van der Waals surface area contributed by atoms with Crippen molar-refractivity contribution < 1.29 is 0 Å². The lowest BCUT2D eigenvalue weighted by molar-refractivity contribution is 0.0561. The fourth-order valence-electron chi connectivity index (χ4n) is 3.21. The maximum absolute atomic E-state index is 3.50. The SMILES string of the molecule is CCNCC(C)(C)CN1CCN(C)CC1c1ccccc1. The van der Waals surface area contributed by atoms with Crippen molar-refractivity contribution in [1.82, 2.24) is 15.1 Å². The van der Waals surface area contributed by atoms with Crippen LogP contribution in [0.4, 0.5) is 0 Å². The highest BCUT2D eigenvalue weighted by atomic mass is 15.3. The smallest absolute Gasteiger partial charge is 0.0475 e. The normalized spacial score (nSPS) is 21.6. The second kappa shape index (κ2) is 7.39. The first-order valence-corrected chi connectivity index (χ1v) is 8.20. The third-order valence-electron chi connectivity index (χ3n) is 4.36. The quantitative estimate of drug-likeness (QED) is 0.868. The summed E-state index contributed by atoms with van der Waals surface area (Å²) in [5.74, 6) is 0. The molecular formula is C18H31N3. The highest BCUT2D eigenvalue weighted by molar-refractivity contribution is 5.20. The Morgan fingerprint density at radius 1 is 1.19 bits per heavy atom. The molecule has 1 aliphatic rings. The first kappa shape index (κ1) is 16.5. The molecule has 1 aromatic carbocycles. The minimum absolute atomic E-state index is 0.305. The Bertz CT molecular complexity index is 416. The van der Waals surface area contributed by atoms with E-state index in [1.54, 1.807) is 0 Å². The molecule has 0 bridgehead atoms. The van der Waals surface area contributed by atoms with Gasteiger partial charge in [0, 0.05) is 38.8 Å². The van der Waals surface area contributed by atoms with E-state index in [1.165, 1.54) is 12.1 Å². The minimum atomic E-state index is 0.305. The van der Waals surface area contributed by atoms with E-state index in [-0.39, 0.29) is 0 Å². The van der Waals surface area contributed by atoms with Gasteiger partial charge in [-0.1, -0.05) is 51.1 Å². The van der Waals surface area contributed by atoms with Gasteiger partial charge in [-0.3, -0.25) is 4.90 Å². The van der Waals surface area contributed by atoms with Crippen molar-refractivity contribution in [3.05, 3.63) is 35.9 Å². The Morgan fingerprint density at radius 3 is 2.57 bits per heavy atom. The van der Waals surface area contributed by atoms with Gasteiger partial charge >= 0.3 is 0 Å². The van der Waals surface area contributed by atoms with Crippen LogP contribution in [0.2, 0.25) is 0 Å². The van der Waals surface area contributed by atoms with Gasteiger partial charge in [0.2, 0.25) is 0 Å². The van der Waals surface area contributed by atoms with Crippen LogP contribution in [-0.2, 0) is 0 Å². The average Bonchev–Trinajstić information content (AvgIpc) is 2.48. The van der Waals surface area contributed by atoms with Crippen molar-refractivity contribution in [1.29, 1.82) is 0 Å². The Kier molecular flexibility index (Phi) is 5.80. The average molecular weight is 289 g/mol. The van der Waals surface area contributed by atoms with Gasteiger partial charge in [-0.2, -0.15) is 0 Å². The van der Waals surface area contributed by atoms with E-state index in [4.69, 9.17) is 0 Å². The predicted molar refractivity (Wildman–Crippen MR) is 90.6 cm³/mol. The molecule has 1 unspecified atom stereocenters. The monoisotopic (exact) mass is 289 g/mol. The maximum atomic E-state index is 3.50. The molecule has 1 saturated heterocycles. The third kappa shape index (κ3) is 4.80. The van der Waals surface area contributed by atoms with E-state index in [0.29, 0.717) is 11.5 Å². The summed E-state index contributed by atoms with van der Waals surface area (Å²) >= 11 is 0. The summed E-state index contributed by atoms with van der Waals surface area (Å²) < 4.78 is 0. The van der Waals surface area contributed by atoms with Crippen LogP contribution in [0.25, 0.3) is 0 Å². The van der Waals surface area contributed by atoms with Crippen molar-refractivity contribution in [2.24, 2.45) is 5.41 Å². The number of nitrogens with one attached hydrogen (secondary N) is 1. The molecule has 1 heterocycles. The largest absolute Gasteiger partial charge is 0.316 e. The van der Waals surface area contributed by atoms with Crippen LogP contribution in [0.5, 0.6) is 0 Å². The molecule has 1 atom stereocenters. The molecule has 0 amide bonds. The lowest BCUT2D eigenvalue weighted by Gasteiger charge is -2.44. The zero-order chi connectivity index (χ0) is 15.3. The van der Waals surface area contributed by atoms with Gasteiger partial charge in [-0.25, -0.2) is 0 Å². The standard InChI is InChI=1S/C18H31N3/c1-5-19-14-18(2,3)15-21-12-11-20(4)13-17(21)16-9-7-6-8-10-16/h6-10,17,19H,5,11-15H2,1-4H3. The van der Waals surface area contributed by atoms with Crippen molar-refractivity contribution in [2.75, 3.05) is 46.3 Å². The summed E-state index contributed by atoms with van der Waals surface area (Å²) in [7, 11) is 2.23. The van der Waals surface area contributed by atoms with E-state index >= 15 is 0 Å². The van der Waals surface area contributed by atoms with E-state index in [2.05, 4.69) is 73.3 Å². The highest BCUT2D eigenvalue weighted by Gasteiger charge is 2.30. The van der Waals surface area contributed by atoms with Gasteiger partial charge < -0.3 is 10.2 Å². The molecule has 118 valence electrons. The number of rotatable bonds is 6. The topological polar surface area (TPSA) is 18.5 Å². The Balaban J connectivity index is 2.08. The summed E-state index contributed by atoms with van der Waals surface area (Å²) in [5, 5.41) is 3.50. The molecule has 1 N–H and O–H groups in total. The van der Waals surface area contributed by atoms with Crippen LogP contribution >= 0.6 is 0 Å². The van der Waals surface area contributed by atoms with Gasteiger partial charge in [0.25, 0.3) is 0 Å². The molecule has 0 spiro atoms. The number of likely N-dealkylation sites (N-methyl/N-ethyl adjacent to an activating group) is 1. The molecule has 1 aromatic rings. The first-order chi connectivity index (χ1) is 10.0. The van der Waals surface area contributed by atoms with Gasteiger partial charge in [-0.05, 0) is 24.6 Å². The second-order valence-corrected chi connectivity index (χ2v) is 7.10. The number of nitrogens with zero attached hydrogens (tertiary/aromatic N) is 2. The molecule has 3 nitrogen and oxygen atoms in total. The molecule has 0 aromatic heterocycles. The summed E-state index contributed by atoms with van der Waals surface area (Å²) in [6, 6.07) is 11.5. The zero-order valence-electron chi connectivity index (χ0n) is 14.1. The van der Waals surface area contributed by atoms with Crippen LogP contribution in [0.3, 0.4) is 0 Å². The van der Waals surface area contributed by atoms with Crippen LogP contribution in [0.1, 0.15) is 32.4 Å². The molecule has 2 rings (SSSR count). The van der Waals surface area contributed by atoms with E-state index in [9.17, 15) is 0 Å². The van der Waals surface area contributed by atoms with Gasteiger partial charge in [-0.15, -0.1) is 0 Å². The van der Waals surface area contributed by atoms with Gasteiger partial charge in [0.1, 0.15) is 0 Å². The summed E-state index contributed by atoms with van der Waals surface area (Å²) in [5.41, 5.74) is 1.75. The Labute approximate surface area is 130 Å². The maximum Gasteiger partial charge on any atom is 0.0475 e. The second-order valence-electron chi connectivity index (χ2n) is 7.10. The summed E-state index contributed by atoms with van der Waals surface area (Å²) in [6.07, 6.45) is 0. The number of hydrogen-bond acceptors (Lipinski definition) is 3. The fourth-order valence-corrected chi connectivity index (χ4v) is 3.21. The van der Waals surface area contributed by atoms with Crippen molar-refractivity contribution in [3.8, 4) is 0 Å². The number of piperazine rings is 1. The molecule has 0 radical (unpaired) electrons. The lowest BCUT2D eigenvalue weighted by Crippen LogP contribution is -2.51. The lowest BCUT2D eigenvalue weighted by atomic mass is 9.90. The molecule has 3 heteroatoms. The van der Waals surface area contributed by atoms with E-state index < -0.39 is 0 Å². The molecular weight excluding hydrogens is 258 g/mol. The minimum Gasteiger partial charge on any atom is -0.316 e. The van der Waals surface area contributed by atoms with E-state index in [0.717, 1.165) is 32.7 Å². The molecule has 0 saturated carbocycles. The van der Waals surface area contributed by atoms with Crippen LogP contribution < -0.4 is 5.32 Å². The zero-order valence-corrected chi connectivity index (χ0v) is 14.1. The van der Waals surface area contributed by atoms with Crippen LogP contribution in [0, 0.1) is 5.41 Å². The Morgan fingerprint density at radius 2 is 1.90 bits per heavy atom. The Hall–Kier alpha value is -0.900. The van der Waals surface area contributed by atoms with Crippen molar-refractivity contribution >= 4 is 0 Å². The first-order valence-electron chi connectivity index (χ1n) is 8.20. The fraction of sp³-hybridized carbons (Fsp3) is 0.667. The number of hydrogen-bond donors (Lipinski definition) is 1. The molecule has 1 aliphatic heterocycles. The van der Waals surface area contributed by atoms with Gasteiger partial charge in [0.05, 0.1) is 0 Å². The van der Waals surface area contributed by atoms with E-state index in [1.807, 2.05) is 0 Å². The van der Waals surface area contributed by atoms with Crippen molar-refractivity contribution in [2.45, 2.75) is 26.8 Å². The van der Waals surface area contributed by atoms with Gasteiger partial charge in [0.15, 0.2) is 0 Å². The number of benzene rings is 1. The molecule has 0 aliphatic carbocycles.